The molecule has 8 nitrogen and oxygen atoms in total. The van der Waals surface area contributed by atoms with Crippen LogP contribution in [0.3, 0.4) is 0 Å². The first-order valence-electron chi connectivity index (χ1n) is 11.4. The number of hydrogen-bond donors (Lipinski definition) is 1. The van der Waals surface area contributed by atoms with Gasteiger partial charge in [0.25, 0.3) is 0 Å². The minimum absolute atomic E-state index is 0.0131. The normalized spacial score (nSPS) is 15.6. The van der Waals surface area contributed by atoms with Crippen molar-refractivity contribution in [2.24, 2.45) is 0 Å². The Labute approximate surface area is 199 Å². The van der Waals surface area contributed by atoms with Crippen LogP contribution in [0.2, 0.25) is 0 Å². The number of amides is 2. The van der Waals surface area contributed by atoms with E-state index < -0.39 is 30.1 Å². The summed E-state index contributed by atoms with van der Waals surface area (Å²) < 4.78 is 10.3. The van der Waals surface area contributed by atoms with Gasteiger partial charge in [-0.2, -0.15) is 0 Å². The maximum atomic E-state index is 13.3. The molecule has 2 aromatic carbocycles. The fraction of sp³-hybridized carbons (Fsp3) is 0.385. The average Bonchev–Trinajstić information content (AvgIpc) is 2.88. The number of methoxy groups -OCH3 is 1. The van der Waals surface area contributed by atoms with Crippen molar-refractivity contribution in [2.75, 3.05) is 7.11 Å². The smallest absolute Gasteiger partial charge is 0.411 e. The van der Waals surface area contributed by atoms with Gasteiger partial charge < -0.3 is 14.8 Å². The van der Waals surface area contributed by atoms with Gasteiger partial charge >= 0.3 is 12.1 Å². The fourth-order valence-electron chi connectivity index (χ4n) is 3.89. The minimum Gasteiger partial charge on any atom is -0.467 e. The standard InChI is InChI=1S/C26H30N2O6/c1-3-21(29)13-14-22(25(31)33-2)27-24(30)23-15-19-11-7-8-12-20(19)16-28(23)26(32)34-17-18-9-5-4-6-10-18/h4-12,22-23H,3,13-17H2,1-2H3,(H,27,30)/t22-,23+/m1/s1. The molecule has 1 aliphatic heterocycles. The van der Waals surface area contributed by atoms with Gasteiger partial charge in [0.1, 0.15) is 24.5 Å². The summed E-state index contributed by atoms with van der Waals surface area (Å²) >= 11 is 0. The number of ketones is 1. The van der Waals surface area contributed by atoms with E-state index in [1.54, 1.807) is 6.92 Å². The molecule has 8 heteroatoms. The summed E-state index contributed by atoms with van der Waals surface area (Å²) in [6, 6.07) is 15.0. The van der Waals surface area contributed by atoms with Crippen LogP contribution in [0.5, 0.6) is 0 Å². The van der Waals surface area contributed by atoms with Crippen molar-refractivity contribution in [3.05, 3.63) is 71.3 Å². The average molecular weight is 467 g/mol. The number of carbonyl (C=O) groups excluding carboxylic acids is 4. The van der Waals surface area contributed by atoms with Crippen LogP contribution < -0.4 is 5.32 Å². The SMILES string of the molecule is CCC(=O)CC[C@@H](NC(=O)[C@@H]1Cc2ccccc2CN1C(=O)OCc1ccccc1)C(=O)OC. The quantitative estimate of drug-likeness (QED) is 0.570. The first-order valence-corrected chi connectivity index (χ1v) is 11.4. The first-order chi connectivity index (χ1) is 16.4. The lowest BCUT2D eigenvalue weighted by atomic mass is 9.93. The number of hydrogen-bond acceptors (Lipinski definition) is 6. The van der Waals surface area contributed by atoms with Crippen molar-refractivity contribution in [3.8, 4) is 0 Å². The van der Waals surface area contributed by atoms with Gasteiger partial charge in [0.2, 0.25) is 5.91 Å². The highest BCUT2D eigenvalue weighted by atomic mass is 16.6. The molecule has 0 aliphatic carbocycles. The maximum Gasteiger partial charge on any atom is 0.411 e. The Morgan fingerprint density at radius 3 is 2.38 bits per heavy atom. The number of nitrogens with zero attached hydrogens (tertiary/aromatic N) is 1. The molecule has 0 unspecified atom stereocenters. The lowest BCUT2D eigenvalue weighted by molar-refractivity contribution is -0.146. The van der Waals surface area contributed by atoms with Gasteiger partial charge in [0.15, 0.2) is 0 Å². The van der Waals surface area contributed by atoms with Crippen molar-refractivity contribution in [3.63, 3.8) is 0 Å². The van der Waals surface area contributed by atoms with Crippen LogP contribution in [0.15, 0.2) is 54.6 Å². The van der Waals surface area contributed by atoms with E-state index in [9.17, 15) is 19.2 Å². The second kappa shape index (κ2) is 12.0. The lowest BCUT2D eigenvalue weighted by Crippen LogP contribution is -2.55. The van der Waals surface area contributed by atoms with Crippen molar-refractivity contribution in [1.29, 1.82) is 0 Å². The molecule has 1 aliphatic rings. The zero-order valence-corrected chi connectivity index (χ0v) is 19.5. The maximum absolute atomic E-state index is 13.3. The van der Waals surface area contributed by atoms with Gasteiger partial charge in [-0.15, -0.1) is 0 Å². The van der Waals surface area contributed by atoms with Gasteiger partial charge in [-0.1, -0.05) is 61.5 Å². The van der Waals surface area contributed by atoms with Crippen LogP contribution in [-0.4, -0.2) is 47.8 Å². The Bertz CT molecular complexity index is 1020. The molecule has 2 amide bonds. The van der Waals surface area contributed by atoms with Gasteiger partial charge in [-0.25, -0.2) is 9.59 Å². The number of benzene rings is 2. The second-order valence-corrected chi connectivity index (χ2v) is 8.17. The number of Topliss-reactive ketones (excluding diaryl/α,β-unsaturated/α-hetero) is 1. The molecule has 0 saturated carbocycles. The summed E-state index contributed by atoms with van der Waals surface area (Å²) in [7, 11) is 1.23. The van der Waals surface area contributed by atoms with Crippen molar-refractivity contribution in [1.82, 2.24) is 10.2 Å². The van der Waals surface area contributed by atoms with Crippen LogP contribution in [-0.2, 0) is 43.4 Å². The molecule has 0 fully saturated rings. The lowest BCUT2D eigenvalue weighted by Gasteiger charge is -2.35. The minimum atomic E-state index is -0.979. The zero-order chi connectivity index (χ0) is 24.5. The van der Waals surface area contributed by atoms with E-state index in [0.29, 0.717) is 6.42 Å². The highest BCUT2D eigenvalue weighted by Crippen LogP contribution is 2.25. The number of fused-ring (bicyclic) bond motifs is 1. The Balaban J connectivity index is 1.76. The number of nitrogens with one attached hydrogen (secondary N) is 1. The third-order valence-electron chi connectivity index (χ3n) is 5.90. The van der Waals surface area contributed by atoms with Crippen LogP contribution >= 0.6 is 0 Å². The molecule has 0 spiro atoms. The van der Waals surface area contributed by atoms with Crippen LogP contribution in [0.1, 0.15) is 42.9 Å². The van der Waals surface area contributed by atoms with Gasteiger partial charge in [0.05, 0.1) is 13.7 Å². The van der Waals surface area contributed by atoms with E-state index >= 15 is 0 Å². The Morgan fingerprint density at radius 2 is 1.71 bits per heavy atom. The van der Waals surface area contributed by atoms with E-state index in [0.717, 1.165) is 16.7 Å². The fourth-order valence-corrected chi connectivity index (χ4v) is 3.89. The highest BCUT2D eigenvalue weighted by molar-refractivity contribution is 5.90. The molecule has 0 bridgehead atoms. The summed E-state index contributed by atoms with van der Waals surface area (Å²) in [6.07, 6.45) is 0.293. The molecule has 1 heterocycles. The molecule has 3 rings (SSSR count). The molecule has 180 valence electrons. The van der Waals surface area contributed by atoms with Crippen molar-refractivity contribution < 1.29 is 28.7 Å². The van der Waals surface area contributed by atoms with E-state index in [1.165, 1.54) is 12.0 Å². The van der Waals surface area contributed by atoms with E-state index in [-0.39, 0.29) is 38.2 Å². The van der Waals surface area contributed by atoms with E-state index in [4.69, 9.17) is 9.47 Å². The molecular weight excluding hydrogens is 436 g/mol. The first kappa shape index (κ1) is 25.0. The van der Waals surface area contributed by atoms with Gasteiger partial charge in [0, 0.05) is 19.3 Å². The monoisotopic (exact) mass is 466 g/mol. The third-order valence-corrected chi connectivity index (χ3v) is 5.90. The van der Waals surface area contributed by atoms with Gasteiger partial charge in [-0.3, -0.25) is 14.5 Å². The highest BCUT2D eigenvalue weighted by Gasteiger charge is 2.37. The van der Waals surface area contributed by atoms with Crippen LogP contribution in [0.25, 0.3) is 0 Å². The number of carbonyl (C=O) groups is 4. The van der Waals surface area contributed by atoms with Crippen molar-refractivity contribution >= 4 is 23.8 Å². The molecule has 2 aromatic rings. The summed E-state index contributed by atoms with van der Waals surface area (Å²) in [5, 5.41) is 2.69. The number of rotatable bonds is 9. The summed E-state index contributed by atoms with van der Waals surface area (Å²) in [4.78, 5) is 51.7. The molecule has 0 aromatic heterocycles. The molecule has 0 saturated heterocycles. The molecule has 1 N–H and O–H groups in total. The Kier molecular flexibility index (Phi) is 8.79. The predicted octanol–water partition coefficient (Wildman–Crippen LogP) is 3.17. The third kappa shape index (κ3) is 6.43. The van der Waals surface area contributed by atoms with Crippen molar-refractivity contribution in [2.45, 2.75) is 57.8 Å². The number of esters is 1. The predicted molar refractivity (Wildman–Crippen MR) is 125 cm³/mol. The molecule has 34 heavy (non-hydrogen) atoms. The topological polar surface area (TPSA) is 102 Å². The summed E-state index contributed by atoms with van der Waals surface area (Å²) in [5.74, 6) is -1.14. The van der Waals surface area contributed by atoms with Crippen LogP contribution in [0, 0.1) is 0 Å². The zero-order valence-electron chi connectivity index (χ0n) is 19.5. The second-order valence-electron chi connectivity index (χ2n) is 8.17. The molecular formula is C26H30N2O6. The van der Waals surface area contributed by atoms with Gasteiger partial charge in [-0.05, 0) is 23.1 Å². The van der Waals surface area contributed by atoms with Crippen LogP contribution in [0.4, 0.5) is 4.79 Å². The van der Waals surface area contributed by atoms with E-state index in [2.05, 4.69) is 5.32 Å². The summed E-state index contributed by atoms with van der Waals surface area (Å²) in [6.45, 7) is 2.03. The Morgan fingerprint density at radius 1 is 1.03 bits per heavy atom. The Hall–Kier alpha value is -3.68. The largest absolute Gasteiger partial charge is 0.467 e. The summed E-state index contributed by atoms with van der Waals surface area (Å²) in [5.41, 5.74) is 2.72. The molecule has 0 radical (unpaired) electrons. The molecule has 2 atom stereocenters. The van der Waals surface area contributed by atoms with E-state index in [1.807, 2.05) is 54.6 Å². The number of ether oxygens (including phenoxy) is 2.